The summed E-state index contributed by atoms with van der Waals surface area (Å²) in [6.45, 7) is 6.02. The second-order valence-corrected chi connectivity index (χ2v) is 6.32. The standard InChI is InChI=1S/C17H24N4/c18-12-15-3-4-17(16(19)11-15)21-9-5-14(6-10-21)13-20-7-1-2-8-20/h3-4,11,14H,1-2,5-10,13,19H2. The number of nitrogens with two attached hydrogens (primary N) is 1. The van der Waals surface area contributed by atoms with Crippen molar-refractivity contribution in [1.29, 1.82) is 5.26 Å². The average molecular weight is 284 g/mol. The van der Waals surface area contributed by atoms with Crippen molar-refractivity contribution in [3.8, 4) is 6.07 Å². The highest BCUT2D eigenvalue weighted by molar-refractivity contribution is 5.69. The Morgan fingerprint density at radius 1 is 1.14 bits per heavy atom. The van der Waals surface area contributed by atoms with Crippen LogP contribution in [0.2, 0.25) is 0 Å². The van der Waals surface area contributed by atoms with E-state index in [2.05, 4.69) is 15.9 Å². The number of nitrogens with zero attached hydrogens (tertiary/aromatic N) is 3. The van der Waals surface area contributed by atoms with Crippen molar-refractivity contribution in [3.05, 3.63) is 23.8 Å². The summed E-state index contributed by atoms with van der Waals surface area (Å²) in [5, 5.41) is 8.91. The van der Waals surface area contributed by atoms with Crippen LogP contribution in [-0.2, 0) is 0 Å². The normalized spacial score (nSPS) is 20.6. The van der Waals surface area contributed by atoms with Gasteiger partial charge in [0, 0.05) is 19.6 Å². The molecule has 2 heterocycles. The molecule has 0 radical (unpaired) electrons. The van der Waals surface area contributed by atoms with E-state index < -0.39 is 0 Å². The zero-order valence-electron chi connectivity index (χ0n) is 12.6. The predicted molar refractivity (Wildman–Crippen MR) is 86.2 cm³/mol. The molecule has 4 nitrogen and oxygen atoms in total. The molecular weight excluding hydrogens is 260 g/mol. The minimum absolute atomic E-state index is 0.639. The van der Waals surface area contributed by atoms with Gasteiger partial charge >= 0.3 is 0 Å². The second-order valence-electron chi connectivity index (χ2n) is 6.32. The van der Waals surface area contributed by atoms with Gasteiger partial charge in [-0.3, -0.25) is 0 Å². The number of piperidine rings is 1. The van der Waals surface area contributed by atoms with Gasteiger partial charge in [-0.1, -0.05) is 0 Å². The van der Waals surface area contributed by atoms with Crippen LogP contribution < -0.4 is 10.6 Å². The maximum absolute atomic E-state index is 8.91. The third-order valence-electron chi connectivity index (χ3n) is 4.83. The lowest BCUT2D eigenvalue weighted by Gasteiger charge is -2.35. The average Bonchev–Trinajstić information content (AvgIpc) is 3.01. The Bertz CT molecular complexity index is 520. The molecule has 2 N–H and O–H groups in total. The van der Waals surface area contributed by atoms with Gasteiger partial charge in [-0.2, -0.15) is 5.26 Å². The van der Waals surface area contributed by atoms with E-state index in [1.165, 1.54) is 45.3 Å². The van der Waals surface area contributed by atoms with Crippen LogP contribution in [0.5, 0.6) is 0 Å². The largest absolute Gasteiger partial charge is 0.397 e. The van der Waals surface area contributed by atoms with E-state index in [0.29, 0.717) is 5.56 Å². The van der Waals surface area contributed by atoms with Crippen LogP contribution in [-0.4, -0.2) is 37.6 Å². The monoisotopic (exact) mass is 284 g/mol. The van der Waals surface area contributed by atoms with E-state index in [-0.39, 0.29) is 0 Å². The molecule has 0 aliphatic carbocycles. The molecule has 0 saturated carbocycles. The summed E-state index contributed by atoms with van der Waals surface area (Å²) in [4.78, 5) is 4.99. The number of rotatable bonds is 3. The quantitative estimate of drug-likeness (QED) is 0.866. The fourth-order valence-electron chi connectivity index (χ4n) is 3.60. The first-order chi connectivity index (χ1) is 10.3. The zero-order valence-corrected chi connectivity index (χ0v) is 12.6. The zero-order chi connectivity index (χ0) is 14.7. The van der Waals surface area contributed by atoms with E-state index in [4.69, 9.17) is 11.0 Å². The van der Waals surface area contributed by atoms with Crippen LogP contribution in [0.25, 0.3) is 0 Å². The van der Waals surface area contributed by atoms with Gasteiger partial charge in [-0.25, -0.2) is 0 Å². The summed E-state index contributed by atoms with van der Waals surface area (Å²) in [6.07, 6.45) is 5.24. The number of likely N-dealkylation sites (tertiary alicyclic amines) is 1. The van der Waals surface area contributed by atoms with Gasteiger partial charge < -0.3 is 15.5 Å². The highest BCUT2D eigenvalue weighted by Crippen LogP contribution is 2.29. The molecule has 0 unspecified atom stereocenters. The van der Waals surface area contributed by atoms with Crippen LogP contribution >= 0.6 is 0 Å². The van der Waals surface area contributed by atoms with Crippen molar-refractivity contribution in [3.63, 3.8) is 0 Å². The van der Waals surface area contributed by atoms with Crippen LogP contribution in [0.15, 0.2) is 18.2 Å². The van der Waals surface area contributed by atoms with E-state index in [1.54, 1.807) is 6.07 Å². The summed E-state index contributed by atoms with van der Waals surface area (Å²) >= 11 is 0. The van der Waals surface area contributed by atoms with Crippen molar-refractivity contribution in [2.75, 3.05) is 43.4 Å². The van der Waals surface area contributed by atoms with Gasteiger partial charge in [-0.05, 0) is 62.9 Å². The molecule has 1 aromatic rings. The molecule has 2 fully saturated rings. The Morgan fingerprint density at radius 2 is 1.86 bits per heavy atom. The van der Waals surface area contributed by atoms with E-state index >= 15 is 0 Å². The van der Waals surface area contributed by atoms with Crippen molar-refractivity contribution in [1.82, 2.24) is 4.90 Å². The molecule has 0 spiro atoms. The van der Waals surface area contributed by atoms with E-state index in [9.17, 15) is 0 Å². The molecular formula is C17H24N4. The Balaban J connectivity index is 1.56. The highest BCUT2D eigenvalue weighted by Gasteiger charge is 2.23. The van der Waals surface area contributed by atoms with Gasteiger partial charge in [0.2, 0.25) is 0 Å². The molecule has 1 aromatic carbocycles. The molecule has 2 aliphatic rings. The Labute approximate surface area is 127 Å². The Morgan fingerprint density at radius 3 is 2.48 bits per heavy atom. The molecule has 3 rings (SSSR count). The second kappa shape index (κ2) is 6.36. The predicted octanol–water partition coefficient (Wildman–Crippen LogP) is 2.45. The first-order valence-electron chi connectivity index (χ1n) is 8.03. The Hall–Kier alpha value is -1.73. The van der Waals surface area contributed by atoms with Crippen molar-refractivity contribution in [2.24, 2.45) is 5.92 Å². The molecule has 0 atom stereocenters. The molecule has 0 bridgehead atoms. The lowest BCUT2D eigenvalue weighted by Crippen LogP contribution is -2.38. The van der Waals surface area contributed by atoms with Crippen molar-refractivity contribution in [2.45, 2.75) is 25.7 Å². The molecule has 21 heavy (non-hydrogen) atoms. The number of anilines is 2. The summed E-state index contributed by atoms with van der Waals surface area (Å²) < 4.78 is 0. The van der Waals surface area contributed by atoms with Gasteiger partial charge in [0.1, 0.15) is 0 Å². The lowest BCUT2D eigenvalue weighted by atomic mass is 9.95. The SMILES string of the molecule is N#Cc1ccc(N2CCC(CN3CCCC3)CC2)c(N)c1. The van der Waals surface area contributed by atoms with Gasteiger partial charge in [0.25, 0.3) is 0 Å². The van der Waals surface area contributed by atoms with Crippen LogP contribution in [0.3, 0.4) is 0 Å². The maximum Gasteiger partial charge on any atom is 0.0992 e. The molecule has 0 aromatic heterocycles. The molecule has 0 amide bonds. The highest BCUT2D eigenvalue weighted by atomic mass is 15.2. The van der Waals surface area contributed by atoms with Crippen LogP contribution in [0.4, 0.5) is 11.4 Å². The third-order valence-corrected chi connectivity index (χ3v) is 4.83. The lowest BCUT2D eigenvalue weighted by molar-refractivity contribution is 0.249. The number of hydrogen-bond acceptors (Lipinski definition) is 4. The van der Waals surface area contributed by atoms with Crippen LogP contribution in [0.1, 0.15) is 31.2 Å². The number of benzene rings is 1. The molecule has 112 valence electrons. The van der Waals surface area contributed by atoms with Crippen molar-refractivity contribution >= 4 is 11.4 Å². The first kappa shape index (κ1) is 14.2. The number of nitrogen functional groups attached to an aromatic ring is 1. The summed E-state index contributed by atoms with van der Waals surface area (Å²) in [5.74, 6) is 0.832. The minimum Gasteiger partial charge on any atom is -0.397 e. The molecule has 2 aliphatic heterocycles. The summed E-state index contributed by atoms with van der Waals surface area (Å²) in [5.41, 5.74) is 8.55. The summed E-state index contributed by atoms with van der Waals surface area (Å²) in [7, 11) is 0. The summed E-state index contributed by atoms with van der Waals surface area (Å²) in [6, 6.07) is 7.78. The first-order valence-corrected chi connectivity index (χ1v) is 8.03. The molecule has 2 saturated heterocycles. The number of nitriles is 1. The topological polar surface area (TPSA) is 56.3 Å². The van der Waals surface area contributed by atoms with Gasteiger partial charge in [-0.15, -0.1) is 0 Å². The maximum atomic E-state index is 8.91. The van der Waals surface area contributed by atoms with E-state index in [1.807, 2.05) is 12.1 Å². The smallest absolute Gasteiger partial charge is 0.0992 e. The van der Waals surface area contributed by atoms with Crippen molar-refractivity contribution < 1.29 is 0 Å². The number of hydrogen-bond donors (Lipinski definition) is 1. The van der Waals surface area contributed by atoms with Gasteiger partial charge in [0.15, 0.2) is 0 Å². The molecule has 4 heteroatoms. The van der Waals surface area contributed by atoms with E-state index in [0.717, 1.165) is 30.4 Å². The minimum atomic E-state index is 0.639. The Kier molecular flexibility index (Phi) is 4.31. The van der Waals surface area contributed by atoms with Gasteiger partial charge in [0.05, 0.1) is 23.0 Å². The fraction of sp³-hybridized carbons (Fsp3) is 0.588. The van der Waals surface area contributed by atoms with Crippen LogP contribution in [0, 0.1) is 17.2 Å². The fourth-order valence-corrected chi connectivity index (χ4v) is 3.60. The third kappa shape index (κ3) is 3.30.